The number of nitrogens with zero attached hydrogens (tertiary/aromatic N) is 2. The molecule has 4 heteroatoms. The van der Waals surface area contributed by atoms with E-state index in [0.717, 1.165) is 29.8 Å². The third kappa shape index (κ3) is 3.18. The molecule has 0 radical (unpaired) electrons. The number of ketones is 1. The van der Waals surface area contributed by atoms with Crippen LogP contribution >= 0.6 is 0 Å². The first kappa shape index (κ1) is 16.3. The summed E-state index contributed by atoms with van der Waals surface area (Å²) < 4.78 is 2.30. The molecule has 4 rings (SSSR count). The summed E-state index contributed by atoms with van der Waals surface area (Å²) in [6.07, 6.45) is 4.82. The van der Waals surface area contributed by atoms with E-state index in [1.807, 2.05) is 24.3 Å². The number of nitrogens with one attached hydrogen (secondary N) is 1. The fourth-order valence-electron chi connectivity index (χ4n) is 3.44. The molecule has 0 aliphatic carbocycles. The number of Topliss-reactive ketones (excluding diaryl/α,β-unsaturated/α-hetero) is 1. The largest absolute Gasteiger partial charge is 0.345 e. The molecule has 0 aliphatic rings. The molecule has 26 heavy (non-hydrogen) atoms. The van der Waals surface area contributed by atoms with E-state index in [2.05, 4.69) is 51.8 Å². The van der Waals surface area contributed by atoms with Crippen LogP contribution in [0.15, 0.2) is 67.1 Å². The van der Waals surface area contributed by atoms with E-state index in [1.54, 1.807) is 12.5 Å². The van der Waals surface area contributed by atoms with Gasteiger partial charge >= 0.3 is 0 Å². The van der Waals surface area contributed by atoms with E-state index in [9.17, 15) is 4.79 Å². The van der Waals surface area contributed by atoms with Crippen molar-refractivity contribution in [3.05, 3.63) is 78.4 Å². The van der Waals surface area contributed by atoms with Gasteiger partial charge in [-0.1, -0.05) is 42.5 Å². The van der Waals surface area contributed by atoms with Gasteiger partial charge < -0.3 is 9.55 Å². The lowest BCUT2D eigenvalue weighted by Gasteiger charge is -2.08. The number of aromatic nitrogens is 3. The lowest BCUT2D eigenvalue weighted by molar-refractivity contribution is 0.0978. The molecule has 1 N–H and O–H groups in total. The molecular weight excluding hydrogens is 322 g/mol. The molecule has 0 unspecified atom stereocenters. The molecule has 2 aromatic carbocycles. The third-order valence-corrected chi connectivity index (χ3v) is 4.82. The van der Waals surface area contributed by atoms with Crippen molar-refractivity contribution >= 4 is 16.7 Å². The minimum atomic E-state index is 0.190. The Hall–Kier alpha value is -3.14. The summed E-state index contributed by atoms with van der Waals surface area (Å²) in [5.74, 6) is 0.190. The number of hydrogen-bond donors (Lipinski definition) is 1. The molecule has 0 bridgehead atoms. The van der Waals surface area contributed by atoms with Crippen molar-refractivity contribution in [1.82, 2.24) is 14.5 Å². The molecule has 4 nitrogen and oxygen atoms in total. The smallest absolute Gasteiger partial charge is 0.162 e. The minimum absolute atomic E-state index is 0.190. The number of carbonyl (C=O) groups is 1. The van der Waals surface area contributed by atoms with Gasteiger partial charge in [-0.05, 0) is 36.4 Å². The summed E-state index contributed by atoms with van der Waals surface area (Å²) in [5, 5.41) is 1.26. The maximum atomic E-state index is 12.5. The first-order valence-electron chi connectivity index (χ1n) is 8.89. The highest BCUT2D eigenvalue weighted by molar-refractivity contribution is 5.96. The normalized spacial score (nSPS) is 11.1. The van der Waals surface area contributed by atoms with Gasteiger partial charge in [0, 0.05) is 29.7 Å². The van der Waals surface area contributed by atoms with Crippen LogP contribution in [0.1, 0.15) is 28.9 Å². The molecule has 130 valence electrons. The molecule has 0 spiro atoms. The molecule has 0 saturated heterocycles. The number of aromatic amines is 1. The fourth-order valence-corrected chi connectivity index (χ4v) is 3.44. The van der Waals surface area contributed by atoms with Crippen LogP contribution in [-0.4, -0.2) is 20.3 Å². The van der Waals surface area contributed by atoms with E-state index in [1.165, 1.54) is 16.6 Å². The Morgan fingerprint density at radius 1 is 1.12 bits per heavy atom. The van der Waals surface area contributed by atoms with Crippen LogP contribution in [0, 0.1) is 6.92 Å². The Morgan fingerprint density at radius 2 is 1.92 bits per heavy atom. The van der Waals surface area contributed by atoms with E-state index >= 15 is 0 Å². The van der Waals surface area contributed by atoms with Gasteiger partial charge in [0.05, 0.1) is 18.2 Å². The Morgan fingerprint density at radius 3 is 2.69 bits per heavy atom. The second-order valence-corrected chi connectivity index (χ2v) is 6.57. The Balaban J connectivity index is 1.40. The third-order valence-electron chi connectivity index (χ3n) is 4.82. The van der Waals surface area contributed by atoms with E-state index in [-0.39, 0.29) is 5.78 Å². The van der Waals surface area contributed by atoms with Crippen LogP contribution < -0.4 is 0 Å². The maximum absolute atomic E-state index is 12.5. The first-order valence-corrected chi connectivity index (χ1v) is 8.89. The predicted molar refractivity (Wildman–Crippen MR) is 104 cm³/mol. The number of fused-ring (bicyclic) bond motifs is 1. The quantitative estimate of drug-likeness (QED) is 0.501. The van der Waals surface area contributed by atoms with Crippen molar-refractivity contribution in [3.63, 3.8) is 0 Å². The highest BCUT2D eigenvalue weighted by Gasteiger charge is 2.09. The highest BCUT2D eigenvalue weighted by atomic mass is 16.1. The summed E-state index contributed by atoms with van der Waals surface area (Å²) in [6, 6.07) is 18.3. The monoisotopic (exact) mass is 343 g/mol. The predicted octanol–water partition coefficient (Wildman–Crippen LogP) is 5.00. The topological polar surface area (TPSA) is 50.7 Å². The van der Waals surface area contributed by atoms with Gasteiger partial charge in [0.25, 0.3) is 0 Å². The maximum Gasteiger partial charge on any atom is 0.162 e. The average molecular weight is 343 g/mol. The SMILES string of the molecule is Cc1cc2ccccc2n1CCCC(=O)c1ccc(-c2cnc[nH]2)cc1. The lowest BCUT2D eigenvalue weighted by Crippen LogP contribution is -2.04. The number of imidazole rings is 1. The fraction of sp³-hybridized carbons (Fsp3) is 0.182. The summed E-state index contributed by atoms with van der Waals surface area (Å²) in [5.41, 5.74) is 5.23. The molecule has 0 saturated carbocycles. The van der Waals surface area contributed by atoms with Gasteiger partial charge in [0.15, 0.2) is 5.78 Å². The summed E-state index contributed by atoms with van der Waals surface area (Å²) >= 11 is 0. The molecular formula is C22H21N3O. The van der Waals surface area contributed by atoms with Crippen molar-refractivity contribution in [2.24, 2.45) is 0 Å². The van der Waals surface area contributed by atoms with E-state index < -0.39 is 0 Å². The molecule has 0 atom stereocenters. The van der Waals surface area contributed by atoms with Crippen LogP contribution in [0.2, 0.25) is 0 Å². The van der Waals surface area contributed by atoms with Crippen LogP contribution in [0.4, 0.5) is 0 Å². The van der Waals surface area contributed by atoms with Crippen molar-refractivity contribution in [1.29, 1.82) is 0 Å². The molecule has 0 aliphatic heterocycles. The average Bonchev–Trinajstić information content (AvgIpc) is 3.30. The Kier molecular flexibility index (Phi) is 4.40. The van der Waals surface area contributed by atoms with Crippen LogP contribution in [0.25, 0.3) is 22.2 Å². The molecule has 2 heterocycles. The molecule has 0 amide bonds. The number of aryl methyl sites for hydroxylation is 2. The van der Waals surface area contributed by atoms with Crippen molar-refractivity contribution in [3.8, 4) is 11.3 Å². The van der Waals surface area contributed by atoms with Crippen LogP contribution in [0.5, 0.6) is 0 Å². The van der Waals surface area contributed by atoms with Gasteiger partial charge in [-0.15, -0.1) is 0 Å². The summed E-state index contributed by atoms with van der Waals surface area (Å²) in [7, 11) is 0. The Labute approximate surface area is 152 Å². The molecule has 0 fully saturated rings. The lowest BCUT2D eigenvalue weighted by atomic mass is 10.0. The number of H-pyrrole nitrogens is 1. The van der Waals surface area contributed by atoms with E-state index in [4.69, 9.17) is 0 Å². The summed E-state index contributed by atoms with van der Waals surface area (Å²) in [6.45, 7) is 2.98. The van der Waals surface area contributed by atoms with Gasteiger partial charge in [0.1, 0.15) is 0 Å². The first-order chi connectivity index (χ1) is 12.7. The zero-order chi connectivity index (χ0) is 17.9. The van der Waals surface area contributed by atoms with Crippen molar-refractivity contribution in [2.45, 2.75) is 26.3 Å². The van der Waals surface area contributed by atoms with Crippen LogP contribution in [-0.2, 0) is 6.54 Å². The highest BCUT2D eigenvalue weighted by Crippen LogP contribution is 2.21. The number of carbonyl (C=O) groups excluding carboxylic acids is 1. The van der Waals surface area contributed by atoms with Gasteiger partial charge in [-0.25, -0.2) is 4.98 Å². The number of hydrogen-bond acceptors (Lipinski definition) is 2. The second kappa shape index (κ2) is 7.00. The number of benzene rings is 2. The molecule has 2 aromatic heterocycles. The standard InChI is InChI=1S/C22H21N3O/c1-16-13-19-5-2-3-6-21(19)25(16)12-4-7-22(26)18-10-8-17(9-11-18)20-14-23-15-24-20/h2-3,5-6,8-11,13-15H,4,7,12H2,1H3,(H,23,24). The van der Waals surface area contributed by atoms with Gasteiger partial charge in [-0.2, -0.15) is 0 Å². The number of rotatable bonds is 6. The van der Waals surface area contributed by atoms with Gasteiger partial charge in [-0.3, -0.25) is 4.79 Å². The minimum Gasteiger partial charge on any atom is -0.345 e. The van der Waals surface area contributed by atoms with E-state index in [0.29, 0.717) is 6.42 Å². The van der Waals surface area contributed by atoms with Crippen molar-refractivity contribution in [2.75, 3.05) is 0 Å². The zero-order valence-corrected chi connectivity index (χ0v) is 14.8. The molecule has 4 aromatic rings. The summed E-state index contributed by atoms with van der Waals surface area (Å²) in [4.78, 5) is 19.6. The van der Waals surface area contributed by atoms with Crippen molar-refractivity contribution < 1.29 is 4.79 Å². The number of para-hydroxylation sites is 1. The van der Waals surface area contributed by atoms with Gasteiger partial charge in [0.2, 0.25) is 0 Å². The Bertz CT molecular complexity index is 1030. The second-order valence-electron chi connectivity index (χ2n) is 6.57. The zero-order valence-electron chi connectivity index (χ0n) is 14.8. The van der Waals surface area contributed by atoms with Crippen LogP contribution in [0.3, 0.4) is 0 Å².